The molecule has 2 amide bonds. The summed E-state index contributed by atoms with van der Waals surface area (Å²) >= 11 is 0. The molecule has 0 aromatic heterocycles. The molecule has 2 aliphatic rings. The highest BCUT2D eigenvalue weighted by Crippen LogP contribution is 2.33. The van der Waals surface area contributed by atoms with Gasteiger partial charge in [0.25, 0.3) is 0 Å². The molecule has 2 aromatic rings. The number of nitrogens with zero attached hydrogens (tertiary/aromatic N) is 1. The average Bonchev–Trinajstić information content (AvgIpc) is 3.22. The number of hydrogen-bond acceptors (Lipinski definition) is 4. The molecule has 0 radical (unpaired) electrons. The number of benzene rings is 2. The predicted octanol–water partition coefficient (Wildman–Crippen LogP) is 1.96. The summed E-state index contributed by atoms with van der Waals surface area (Å²) in [4.78, 5) is 16.3. The Bertz CT molecular complexity index is 889. The lowest BCUT2D eigenvalue weighted by molar-refractivity contribution is -0.931. The van der Waals surface area contributed by atoms with Crippen LogP contribution in [0.1, 0.15) is 32.4 Å². The minimum atomic E-state index is -0.271. The number of quaternary nitrogens is 1. The summed E-state index contributed by atoms with van der Waals surface area (Å²) in [5, 5.41) is 6.08. The Labute approximate surface area is 184 Å². The molecule has 0 spiro atoms. The van der Waals surface area contributed by atoms with Gasteiger partial charge in [-0.2, -0.15) is 0 Å². The lowest BCUT2D eigenvalue weighted by atomic mass is 10.0. The fourth-order valence-corrected chi connectivity index (χ4v) is 4.25. The first-order valence-corrected chi connectivity index (χ1v) is 11.0. The van der Waals surface area contributed by atoms with Crippen LogP contribution in [-0.2, 0) is 0 Å². The fourth-order valence-electron chi connectivity index (χ4n) is 4.25. The molecule has 2 aliphatic heterocycles. The first-order chi connectivity index (χ1) is 14.9. The van der Waals surface area contributed by atoms with E-state index in [9.17, 15) is 4.79 Å². The van der Waals surface area contributed by atoms with Crippen molar-refractivity contribution in [2.75, 3.05) is 44.4 Å². The van der Waals surface area contributed by atoms with E-state index < -0.39 is 0 Å². The molecule has 2 heterocycles. The molecular formula is C24H33N4O3+. The minimum Gasteiger partial charge on any atom is -0.454 e. The van der Waals surface area contributed by atoms with E-state index in [4.69, 9.17) is 9.47 Å². The Kier molecular flexibility index (Phi) is 6.23. The molecule has 1 saturated heterocycles. The summed E-state index contributed by atoms with van der Waals surface area (Å²) < 4.78 is 11.1. The van der Waals surface area contributed by atoms with E-state index in [1.54, 1.807) is 0 Å². The maximum Gasteiger partial charge on any atom is 0.315 e. The molecular weight excluding hydrogens is 392 g/mol. The van der Waals surface area contributed by atoms with E-state index in [1.165, 1.54) is 10.6 Å². The number of nitrogens with one attached hydrogen (secondary N) is 3. The Hall–Kier alpha value is -2.93. The normalized spacial score (nSPS) is 17.3. The Morgan fingerprint density at radius 1 is 1.06 bits per heavy atom. The van der Waals surface area contributed by atoms with Gasteiger partial charge in [-0.1, -0.05) is 18.2 Å². The van der Waals surface area contributed by atoms with Crippen LogP contribution in [0.3, 0.4) is 0 Å². The summed E-state index contributed by atoms with van der Waals surface area (Å²) in [7, 11) is 0. The number of ether oxygens (including phenoxy) is 2. The molecule has 0 saturated carbocycles. The van der Waals surface area contributed by atoms with Gasteiger partial charge in [0, 0.05) is 16.8 Å². The molecule has 2 aromatic carbocycles. The van der Waals surface area contributed by atoms with Crippen molar-refractivity contribution in [2.45, 2.75) is 32.4 Å². The van der Waals surface area contributed by atoms with Gasteiger partial charge in [-0.25, -0.2) is 4.79 Å². The zero-order chi connectivity index (χ0) is 21.8. The number of rotatable bonds is 5. The predicted molar refractivity (Wildman–Crippen MR) is 121 cm³/mol. The minimum absolute atomic E-state index is 0.137. The number of fused-ring (bicyclic) bond motifs is 1. The third-order valence-corrected chi connectivity index (χ3v) is 5.77. The summed E-state index contributed by atoms with van der Waals surface area (Å²) in [5.74, 6) is 1.56. The lowest BCUT2D eigenvalue weighted by Gasteiger charge is -2.38. The van der Waals surface area contributed by atoms with Crippen LogP contribution in [0.15, 0.2) is 48.5 Å². The van der Waals surface area contributed by atoms with Gasteiger partial charge in [0.15, 0.2) is 11.5 Å². The van der Waals surface area contributed by atoms with Gasteiger partial charge in [-0.05, 0) is 51.1 Å². The van der Waals surface area contributed by atoms with Crippen molar-refractivity contribution in [3.63, 3.8) is 0 Å². The van der Waals surface area contributed by atoms with Gasteiger partial charge in [0.05, 0.1) is 32.7 Å². The summed E-state index contributed by atoms with van der Waals surface area (Å²) in [6.45, 7) is 10.7. The SMILES string of the molecule is CC(C)(C)NC(=O)NC[C@H](c1ccc2c(c1)OCO2)[NH+]1CCN(c2ccccc2)CC1. The first kappa shape index (κ1) is 21.3. The van der Waals surface area contributed by atoms with Gasteiger partial charge in [-0.3, -0.25) is 0 Å². The Morgan fingerprint density at radius 2 is 1.77 bits per heavy atom. The topological polar surface area (TPSA) is 67.3 Å². The molecule has 4 rings (SSSR count). The first-order valence-electron chi connectivity index (χ1n) is 11.0. The van der Waals surface area contributed by atoms with Crippen molar-refractivity contribution in [3.05, 3.63) is 54.1 Å². The quantitative estimate of drug-likeness (QED) is 0.685. The summed E-state index contributed by atoms with van der Waals surface area (Å²) in [6, 6.07) is 16.7. The number of para-hydroxylation sites is 1. The van der Waals surface area contributed by atoms with Crippen LogP contribution in [0.2, 0.25) is 0 Å². The van der Waals surface area contributed by atoms with Crippen molar-refractivity contribution in [3.8, 4) is 11.5 Å². The average molecular weight is 426 g/mol. The summed E-state index contributed by atoms with van der Waals surface area (Å²) in [6.07, 6.45) is 0. The van der Waals surface area contributed by atoms with Gasteiger partial charge >= 0.3 is 6.03 Å². The van der Waals surface area contributed by atoms with E-state index in [-0.39, 0.29) is 24.4 Å². The molecule has 0 bridgehead atoms. The number of anilines is 1. The molecule has 7 heteroatoms. The molecule has 7 nitrogen and oxygen atoms in total. The fraction of sp³-hybridized carbons (Fsp3) is 0.458. The number of carbonyl (C=O) groups is 1. The molecule has 1 atom stereocenters. The van der Waals surface area contributed by atoms with Crippen LogP contribution in [0.4, 0.5) is 10.5 Å². The van der Waals surface area contributed by atoms with Gasteiger partial charge < -0.3 is 29.9 Å². The number of piperazine rings is 1. The standard InChI is InChI=1S/C24H32N4O3/c1-24(2,3)26-23(29)25-16-20(18-9-10-21-22(15-18)31-17-30-21)28-13-11-27(12-14-28)19-7-5-4-6-8-19/h4-10,15,20H,11-14,16-17H2,1-3H3,(H2,25,26,29)/p+1/t20-/m1/s1. The van der Waals surface area contributed by atoms with Crippen LogP contribution in [0, 0.1) is 0 Å². The molecule has 1 fully saturated rings. The van der Waals surface area contributed by atoms with Crippen LogP contribution >= 0.6 is 0 Å². The van der Waals surface area contributed by atoms with Gasteiger partial charge in [0.2, 0.25) is 6.79 Å². The van der Waals surface area contributed by atoms with Crippen molar-refractivity contribution < 1.29 is 19.2 Å². The van der Waals surface area contributed by atoms with E-state index in [0.717, 1.165) is 43.2 Å². The zero-order valence-electron chi connectivity index (χ0n) is 18.6. The third-order valence-electron chi connectivity index (χ3n) is 5.77. The van der Waals surface area contributed by atoms with Crippen LogP contribution < -0.4 is 29.9 Å². The van der Waals surface area contributed by atoms with Gasteiger partial charge in [0.1, 0.15) is 6.04 Å². The third kappa shape index (κ3) is 5.41. The van der Waals surface area contributed by atoms with Crippen LogP contribution in [0.25, 0.3) is 0 Å². The lowest BCUT2D eigenvalue weighted by Crippen LogP contribution is -3.15. The smallest absolute Gasteiger partial charge is 0.315 e. The monoisotopic (exact) mass is 425 g/mol. The second-order valence-corrected chi connectivity index (χ2v) is 9.23. The van der Waals surface area contributed by atoms with Crippen molar-refractivity contribution >= 4 is 11.7 Å². The summed E-state index contributed by atoms with van der Waals surface area (Å²) in [5.41, 5.74) is 2.15. The highest BCUT2D eigenvalue weighted by atomic mass is 16.7. The molecule has 166 valence electrons. The molecule has 31 heavy (non-hydrogen) atoms. The van der Waals surface area contributed by atoms with E-state index in [0.29, 0.717) is 6.54 Å². The second kappa shape index (κ2) is 9.06. The molecule has 3 N–H and O–H groups in total. The van der Waals surface area contributed by atoms with Crippen LogP contribution in [0.5, 0.6) is 11.5 Å². The van der Waals surface area contributed by atoms with E-state index >= 15 is 0 Å². The Morgan fingerprint density at radius 3 is 2.48 bits per heavy atom. The number of hydrogen-bond donors (Lipinski definition) is 3. The van der Waals surface area contributed by atoms with Crippen molar-refractivity contribution in [1.82, 2.24) is 10.6 Å². The van der Waals surface area contributed by atoms with Crippen LogP contribution in [-0.4, -0.2) is 51.1 Å². The molecule has 0 unspecified atom stereocenters. The highest BCUT2D eigenvalue weighted by Gasteiger charge is 2.31. The maximum atomic E-state index is 12.4. The Balaban J connectivity index is 1.47. The van der Waals surface area contributed by atoms with E-state index in [2.05, 4.69) is 58.0 Å². The number of carbonyl (C=O) groups excluding carboxylic acids is 1. The largest absolute Gasteiger partial charge is 0.454 e. The molecule has 0 aliphatic carbocycles. The maximum absolute atomic E-state index is 12.4. The highest BCUT2D eigenvalue weighted by molar-refractivity contribution is 5.74. The zero-order valence-corrected chi connectivity index (χ0v) is 18.6. The second-order valence-electron chi connectivity index (χ2n) is 9.23. The van der Waals surface area contributed by atoms with Crippen molar-refractivity contribution in [2.24, 2.45) is 0 Å². The number of urea groups is 1. The van der Waals surface area contributed by atoms with Crippen molar-refractivity contribution in [1.29, 1.82) is 0 Å². The van der Waals surface area contributed by atoms with Gasteiger partial charge in [-0.15, -0.1) is 0 Å². The van der Waals surface area contributed by atoms with E-state index in [1.807, 2.05) is 26.8 Å². The number of amides is 2.